The fourth-order valence-corrected chi connectivity index (χ4v) is 2.88. The maximum Gasteiger partial charge on any atom is 0.416 e. The predicted octanol–water partition coefficient (Wildman–Crippen LogP) is 4.29. The van der Waals surface area contributed by atoms with Gasteiger partial charge in [-0.2, -0.15) is 13.2 Å². The molecule has 122 valence electrons. The van der Waals surface area contributed by atoms with Gasteiger partial charge in [0.2, 0.25) is 5.91 Å². The van der Waals surface area contributed by atoms with Gasteiger partial charge in [0.05, 0.1) is 16.9 Å². The van der Waals surface area contributed by atoms with Gasteiger partial charge in [-0.15, -0.1) is 0 Å². The zero-order valence-corrected chi connectivity index (χ0v) is 12.8. The lowest BCUT2D eigenvalue weighted by molar-refractivity contribution is -0.137. The first-order valence-corrected chi connectivity index (χ1v) is 7.46. The molecular formula is C16H21F3N2O. The van der Waals surface area contributed by atoms with Crippen LogP contribution >= 0.6 is 0 Å². The number of nitrogens with zero attached hydrogens (tertiary/aromatic N) is 1. The second-order valence-corrected chi connectivity index (χ2v) is 6.03. The second kappa shape index (κ2) is 6.58. The number of hydrogen-bond donors (Lipinski definition) is 1. The molecular weight excluding hydrogens is 293 g/mol. The molecule has 0 unspecified atom stereocenters. The molecule has 6 heteroatoms. The molecule has 0 saturated heterocycles. The Morgan fingerprint density at radius 2 is 1.91 bits per heavy atom. The molecule has 0 bridgehead atoms. The van der Waals surface area contributed by atoms with E-state index in [0.717, 1.165) is 37.8 Å². The Balaban J connectivity index is 2.17. The van der Waals surface area contributed by atoms with Gasteiger partial charge in [0.1, 0.15) is 0 Å². The highest BCUT2D eigenvalue weighted by molar-refractivity contribution is 5.94. The lowest BCUT2D eigenvalue weighted by atomic mass is 10.0. The molecule has 22 heavy (non-hydrogen) atoms. The fourth-order valence-electron chi connectivity index (χ4n) is 2.88. The van der Waals surface area contributed by atoms with Crippen LogP contribution in [0.1, 0.15) is 37.7 Å². The van der Waals surface area contributed by atoms with Crippen LogP contribution in [0.15, 0.2) is 18.2 Å². The molecule has 1 saturated carbocycles. The monoisotopic (exact) mass is 314 g/mol. The Morgan fingerprint density at radius 1 is 1.27 bits per heavy atom. The van der Waals surface area contributed by atoms with Crippen molar-refractivity contribution in [3.05, 3.63) is 23.8 Å². The molecule has 1 amide bonds. The number of nitrogens with one attached hydrogen (secondary N) is 1. The van der Waals surface area contributed by atoms with E-state index in [1.165, 1.54) is 6.07 Å². The van der Waals surface area contributed by atoms with Gasteiger partial charge in [-0.25, -0.2) is 0 Å². The van der Waals surface area contributed by atoms with Crippen LogP contribution in [-0.4, -0.2) is 20.0 Å². The number of benzene rings is 1. The number of carbonyl (C=O) groups excluding carboxylic acids is 1. The summed E-state index contributed by atoms with van der Waals surface area (Å²) < 4.78 is 38.5. The van der Waals surface area contributed by atoms with Crippen LogP contribution in [0.25, 0.3) is 0 Å². The first-order valence-electron chi connectivity index (χ1n) is 7.46. The van der Waals surface area contributed by atoms with E-state index in [-0.39, 0.29) is 11.6 Å². The van der Waals surface area contributed by atoms with E-state index in [1.807, 2.05) is 0 Å². The van der Waals surface area contributed by atoms with Crippen LogP contribution in [0.2, 0.25) is 0 Å². The van der Waals surface area contributed by atoms with Crippen molar-refractivity contribution in [1.29, 1.82) is 0 Å². The Hall–Kier alpha value is -1.72. The maximum atomic E-state index is 12.8. The Bertz CT molecular complexity index is 535. The SMILES string of the molecule is CN(C)c1ccc(C(F)(F)F)cc1NC(=O)CC1CCCC1. The van der Waals surface area contributed by atoms with Gasteiger partial charge >= 0.3 is 6.18 Å². The van der Waals surface area contributed by atoms with Crippen molar-refractivity contribution in [3.63, 3.8) is 0 Å². The minimum absolute atomic E-state index is 0.211. The molecule has 0 aromatic heterocycles. The van der Waals surface area contributed by atoms with Crippen LogP contribution < -0.4 is 10.2 Å². The summed E-state index contributed by atoms with van der Waals surface area (Å²) in [6, 6.07) is 3.41. The van der Waals surface area contributed by atoms with Crippen molar-refractivity contribution in [2.24, 2.45) is 5.92 Å². The van der Waals surface area contributed by atoms with E-state index in [0.29, 0.717) is 18.0 Å². The lowest BCUT2D eigenvalue weighted by Crippen LogP contribution is -2.19. The van der Waals surface area contributed by atoms with E-state index < -0.39 is 11.7 Å². The third kappa shape index (κ3) is 4.15. The minimum Gasteiger partial charge on any atom is -0.376 e. The summed E-state index contributed by atoms with van der Waals surface area (Å²) in [6.45, 7) is 0. The second-order valence-electron chi connectivity index (χ2n) is 6.03. The van der Waals surface area contributed by atoms with E-state index in [9.17, 15) is 18.0 Å². The summed E-state index contributed by atoms with van der Waals surface area (Å²) in [4.78, 5) is 13.8. The average Bonchev–Trinajstić information content (AvgIpc) is 2.89. The highest BCUT2D eigenvalue weighted by Crippen LogP contribution is 2.35. The molecule has 1 N–H and O–H groups in total. The molecule has 1 fully saturated rings. The van der Waals surface area contributed by atoms with E-state index in [1.54, 1.807) is 19.0 Å². The fraction of sp³-hybridized carbons (Fsp3) is 0.562. The molecule has 0 radical (unpaired) electrons. The summed E-state index contributed by atoms with van der Waals surface area (Å²) in [7, 11) is 3.46. The summed E-state index contributed by atoms with van der Waals surface area (Å²) in [5, 5.41) is 2.65. The zero-order valence-electron chi connectivity index (χ0n) is 12.8. The minimum atomic E-state index is -4.42. The van der Waals surface area contributed by atoms with Gasteiger partial charge in [-0.3, -0.25) is 4.79 Å². The largest absolute Gasteiger partial charge is 0.416 e. The van der Waals surface area contributed by atoms with Crippen molar-refractivity contribution < 1.29 is 18.0 Å². The quantitative estimate of drug-likeness (QED) is 0.899. The number of anilines is 2. The molecule has 0 spiro atoms. The first kappa shape index (κ1) is 16.6. The van der Waals surface area contributed by atoms with Crippen molar-refractivity contribution in [1.82, 2.24) is 0 Å². The average molecular weight is 314 g/mol. The standard InChI is InChI=1S/C16H21F3N2O/c1-21(2)14-8-7-12(16(17,18)19)10-13(14)20-15(22)9-11-5-3-4-6-11/h7-8,10-11H,3-6,9H2,1-2H3,(H,20,22). The summed E-state index contributed by atoms with van der Waals surface area (Å²) >= 11 is 0. The summed E-state index contributed by atoms with van der Waals surface area (Å²) in [6.07, 6.45) is 0.265. The Morgan fingerprint density at radius 3 is 2.45 bits per heavy atom. The molecule has 0 heterocycles. The van der Waals surface area contributed by atoms with E-state index in [4.69, 9.17) is 0 Å². The van der Waals surface area contributed by atoms with Crippen molar-refractivity contribution in [2.45, 2.75) is 38.3 Å². The normalized spacial score (nSPS) is 15.9. The van der Waals surface area contributed by atoms with E-state index >= 15 is 0 Å². The van der Waals surface area contributed by atoms with Crippen molar-refractivity contribution in [3.8, 4) is 0 Å². The third-order valence-electron chi connectivity index (χ3n) is 4.03. The maximum absolute atomic E-state index is 12.8. The van der Waals surface area contributed by atoms with Crippen LogP contribution in [0.3, 0.4) is 0 Å². The summed E-state index contributed by atoms with van der Waals surface area (Å²) in [5.74, 6) is 0.142. The molecule has 1 aliphatic carbocycles. The third-order valence-corrected chi connectivity index (χ3v) is 4.03. The topological polar surface area (TPSA) is 32.3 Å². The number of alkyl halides is 3. The number of rotatable bonds is 4. The van der Waals surface area contributed by atoms with Gasteiger partial charge in [0, 0.05) is 20.5 Å². The Labute approximate surface area is 128 Å². The number of halogens is 3. The zero-order chi connectivity index (χ0) is 16.3. The lowest BCUT2D eigenvalue weighted by Gasteiger charge is -2.20. The molecule has 2 rings (SSSR count). The Kier molecular flexibility index (Phi) is 4.98. The van der Waals surface area contributed by atoms with E-state index in [2.05, 4.69) is 5.32 Å². The van der Waals surface area contributed by atoms with Gasteiger partial charge < -0.3 is 10.2 Å². The first-order chi connectivity index (χ1) is 10.3. The van der Waals surface area contributed by atoms with Crippen LogP contribution in [0.5, 0.6) is 0 Å². The van der Waals surface area contributed by atoms with Gasteiger partial charge in [0.25, 0.3) is 0 Å². The highest BCUT2D eigenvalue weighted by Gasteiger charge is 2.31. The number of carbonyl (C=O) groups is 1. The van der Waals surface area contributed by atoms with Crippen LogP contribution in [0, 0.1) is 5.92 Å². The van der Waals surface area contributed by atoms with Crippen LogP contribution in [0.4, 0.5) is 24.5 Å². The van der Waals surface area contributed by atoms with Gasteiger partial charge in [0.15, 0.2) is 0 Å². The molecule has 0 atom stereocenters. The smallest absolute Gasteiger partial charge is 0.376 e. The number of hydrogen-bond acceptors (Lipinski definition) is 2. The molecule has 3 nitrogen and oxygen atoms in total. The molecule has 1 aliphatic rings. The van der Waals surface area contributed by atoms with Crippen molar-refractivity contribution in [2.75, 3.05) is 24.3 Å². The van der Waals surface area contributed by atoms with Crippen LogP contribution in [-0.2, 0) is 11.0 Å². The predicted molar refractivity (Wildman–Crippen MR) is 81.0 cm³/mol. The van der Waals surface area contributed by atoms with Crippen molar-refractivity contribution >= 4 is 17.3 Å². The molecule has 1 aromatic rings. The molecule has 1 aromatic carbocycles. The number of amides is 1. The summed E-state index contributed by atoms with van der Waals surface area (Å²) in [5.41, 5.74) is 0.0184. The van der Waals surface area contributed by atoms with Gasteiger partial charge in [-0.1, -0.05) is 12.8 Å². The molecule has 0 aliphatic heterocycles. The highest BCUT2D eigenvalue weighted by atomic mass is 19.4. The van der Waals surface area contributed by atoms with Gasteiger partial charge in [-0.05, 0) is 37.0 Å².